The molecule has 126 valence electrons. The van der Waals surface area contributed by atoms with Crippen LogP contribution in [0, 0.1) is 10.1 Å². The average molecular weight is 333 g/mol. The Hall–Kier alpha value is -3.43. The van der Waals surface area contributed by atoms with Gasteiger partial charge in [-0.3, -0.25) is 25.8 Å². The van der Waals surface area contributed by atoms with Gasteiger partial charge in [0.15, 0.2) is 0 Å². The number of carbonyl (C=O) groups excluding carboxylic acids is 1. The number of hydrogen-bond acceptors (Lipinski definition) is 8. The zero-order chi connectivity index (χ0) is 17.5. The molecule has 1 aromatic carbocycles. The zero-order valence-electron chi connectivity index (χ0n) is 13.0. The molecule has 1 aromatic heterocycles. The van der Waals surface area contributed by atoms with Crippen molar-refractivity contribution >= 4 is 17.4 Å². The molecule has 1 heterocycles. The monoisotopic (exact) mass is 333 g/mol. The molecule has 0 aliphatic carbocycles. The Kier molecular flexibility index (Phi) is 5.45. The summed E-state index contributed by atoms with van der Waals surface area (Å²) in [6.07, 6.45) is 1.09. The van der Waals surface area contributed by atoms with Crippen LogP contribution in [0.3, 0.4) is 0 Å². The van der Waals surface area contributed by atoms with Crippen LogP contribution in [-0.4, -0.2) is 34.5 Å². The minimum Gasteiger partial charge on any atom is -0.496 e. The molecule has 10 nitrogen and oxygen atoms in total. The van der Waals surface area contributed by atoms with Crippen molar-refractivity contribution in [1.82, 2.24) is 15.4 Å². The number of hydrazine groups is 1. The number of nitrogens with zero attached hydrogens (tertiary/aromatic N) is 3. The standard InChI is InChI=1S/C14H15N5O5/c1-3-24-14-11(19(21)22)12(15-8-16-14)17-18-13(20)9-6-4-5-7-10(9)23-2/h4-8H,3H2,1-2H3,(H,18,20)(H,15,16,17). The van der Waals surface area contributed by atoms with Gasteiger partial charge in [0.05, 0.1) is 24.2 Å². The Morgan fingerprint density at radius 2 is 2.08 bits per heavy atom. The van der Waals surface area contributed by atoms with E-state index < -0.39 is 16.5 Å². The van der Waals surface area contributed by atoms with Gasteiger partial charge in [0.25, 0.3) is 11.8 Å². The molecule has 2 aromatic rings. The Morgan fingerprint density at radius 1 is 1.33 bits per heavy atom. The molecule has 2 rings (SSSR count). The lowest BCUT2D eigenvalue weighted by atomic mass is 10.2. The summed E-state index contributed by atoms with van der Waals surface area (Å²) in [5, 5.41) is 11.2. The van der Waals surface area contributed by atoms with E-state index in [-0.39, 0.29) is 23.9 Å². The van der Waals surface area contributed by atoms with Crippen LogP contribution in [0.1, 0.15) is 17.3 Å². The maximum atomic E-state index is 12.2. The van der Waals surface area contributed by atoms with Gasteiger partial charge in [0.1, 0.15) is 12.1 Å². The van der Waals surface area contributed by atoms with E-state index in [1.807, 2.05) is 0 Å². The highest BCUT2D eigenvalue weighted by atomic mass is 16.6. The number of ether oxygens (including phenoxy) is 2. The molecule has 1 amide bonds. The minimum atomic E-state index is -0.692. The molecular weight excluding hydrogens is 318 g/mol. The van der Waals surface area contributed by atoms with E-state index in [9.17, 15) is 14.9 Å². The Labute approximate surface area is 136 Å². The third kappa shape index (κ3) is 3.66. The normalized spacial score (nSPS) is 9.92. The number of benzene rings is 1. The van der Waals surface area contributed by atoms with Crippen LogP contribution in [0.5, 0.6) is 11.6 Å². The molecule has 0 aliphatic rings. The van der Waals surface area contributed by atoms with Crippen LogP contribution in [0.4, 0.5) is 11.5 Å². The van der Waals surface area contributed by atoms with E-state index in [4.69, 9.17) is 9.47 Å². The quantitative estimate of drug-likeness (QED) is 0.577. The largest absolute Gasteiger partial charge is 0.496 e. The van der Waals surface area contributed by atoms with Crippen molar-refractivity contribution in [2.75, 3.05) is 19.1 Å². The van der Waals surface area contributed by atoms with Gasteiger partial charge in [-0.2, -0.15) is 4.98 Å². The number of hydrogen-bond donors (Lipinski definition) is 2. The van der Waals surface area contributed by atoms with Crippen molar-refractivity contribution in [2.24, 2.45) is 0 Å². The lowest BCUT2D eigenvalue weighted by Crippen LogP contribution is -2.30. The third-order valence-corrected chi connectivity index (χ3v) is 2.90. The van der Waals surface area contributed by atoms with Crippen molar-refractivity contribution in [2.45, 2.75) is 6.92 Å². The van der Waals surface area contributed by atoms with Crippen molar-refractivity contribution in [3.8, 4) is 11.6 Å². The summed E-state index contributed by atoms with van der Waals surface area (Å²) in [6.45, 7) is 1.87. The molecule has 0 saturated heterocycles. The Bertz CT molecular complexity index is 752. The van der Waals surface area contributed by atoms with Crippen LogP contribution in [0.25, 0.3) is 0 Å². The predicted molar refractivity (Wildman–Crippen MR) is 83.9 cm³/mol. The van der Waals surface area contributed by atoms with Gasteiger partial charge in [0.2, 0.25) is 5.82 Å². The molecule has 0 saturated carbocycles. The van der Waals surface area contributed by atoms with Gasteiger partial charge < -0.3 is 9.47 Å². The molecule has 0 radical (unpaired) electrons. The van der Waals surface area contributed by atoms with Gasteiger partial charge in [-0.1, -0.05) is 12.1 Å². The molecule has 0 aliphatic heterocycles. The first-order chi connectivity index (χ1) is 11.6. The van der Waals surface area contributed by atoms with E-state index in [0.29, 0.717) is 5.75 Å². The molecule has 2 N–H and O–H groups in total. The summed E-state index contributed by atoms with van der Waals surface area (Å²) >= 11 is 0. The number of amides is 1. The van der Waals surface area contributed by atoms with E-state index in [0.717, 1.165) is 6.33 Å². The van der Waals surface area contributed by atoms with Crippen LogP contribution in [0.2, 0.25) is 0 Å². The molecule has 10 heteroatoms. The summed E-state index contributed by atoms with van der Waals surface area (Å²) in [4.78, 5) is 30.2. The molecule has 0 fully saturated rings. The summed E-state index contributed by atoms with van der Waals surface area (Å²) < 4.78 is 10.2. The molecular formula is C14H15N5O5. The highest BCUT2D eigenvalue weighted by Crippen LogP contribution is 2.30. The van der Waals surface area contributed by atoms with Crippen molar-refractivity contribution in [3.05, 3.63) is 46.3 Å². The van der Waals surface area contributed by atoms with Crippen molar-refractivity contribution < 1.29 is 19.2 Å². The summed E-state index contributed by atoms with van der Waals surface area (Å²) in [7, 11) is 1.43. The van der Waals surface area contributed by atoms with E-state index in [1.54, 1.807) is 31.2 Å². The minimum absolute atomic E-state index is 0.188. The maximum Gasteiger partial charge on any atom is 0.374 e. The third-order valence-electron chi connectivity index (χ3n) is 2.90. The van der Waals surface area contributed by atoms with E-state index in [2.05, 4.69) is 20.8 Å². The number of para-hydroxylation sites is 1. The van der Waals surface area contributed by atoms with Crippen LogP contribution < -0.4 is 20.3 Å². The first-order valence-electron chi connectivity index (χ1n) is 6.90. The van der Waals surface area contributed by atoms with Gasteiger partial charge >= 0.3 is 5.69 Å². The summed E-state index contributed by atoms with van der Waals surface area (Å²) in [6, 6.07) is 6.55. The average Bonchev–Trinajstić information content (AvgIpc) is 2.59. The molecule has 0 bridgehead atoms. The number of anilines is 1. The smallest absolute Gasteiger partial charge is 0.374 e. The molecule has 0 unspecified atom stereocenters. The second kappa shape index (κ2) is 7.72. The Morgan fingerprint density at radius 3 is 2.75 bits per heavy atom. The number of methoxy groups -OCH3 is 1. The first kappa shape index (κ1) is 16.9. The lowest BCUT2D eigenvalue weighted by molar-refractivity contribution is -0.385. The fourth-order valence-electron chi connectivity index (χ4n) is 1.88. The van der Waals surface area contributed by atoms with Crippen molar-refractivity contribution in [1.29, 1.82) is 0 Å². The number of rotatable bonds is 7. The zero-order valence-corrected chi connectivity index (χ0v) is 13.0. The summed E-state index contributed by atoms with van der Waals surface area (Å²) in [5.41, 5.74) is 4.54. The first-order valence-corrected chi connectivity index (χ1v) is 6.90. The predicted octanol–water partition coefficient (Wildman–Crippen LogP) is 1.55. The fourth-order valence-corrected chi connectivity index (χ4v) is 1.88. The molecule has 0 atom stereocenters. The Balaban J connectivity index is 2.21. The number of nitro groups is 1. The second-order valence-corrected chi connectivity index (χ2v) is 4.35. The highest BCUT2D eigenvalue weighted by molar-refractivity contribution is 5.97. The number of nitrogens with one attached hydrogen (secondary N) is 2. The molecule has 0 spiro atoms. The lowest BCUT2D eigenvalue weighted by Gasteiger charge is -2.11. The van der Waals surface area contributed by atoms with E-state index in [1.165, 1.54) is 7.11 Å². The number of carbonyl (C=O) groups is 1. The van der Waals surface area contributed by atoms with Crippen LogP contribution in [0.15, 0.2) is 30.6 Å². The van der Waals surface area contributed by atoms with Gasteiger partial charge in [0, 0.05) is 0 Å². The van der Waals surface area contributed by atoms with Gasteiger partial charge in [-0.25, -0.2) is 4.98 Å². The van der Waals surface area contributed by atoms with Crippen LogP contribution in [-0.2, 0) is 0 Å². The van der Waals surface area contributed by atoms with E-state index >= 15 is 0 Å². The fraction of sp³-hybridized carbons (Fsp3) is 0.214. The molecule has 24 heavy (non-hydrogen) atoms. The maximum absolute atomic E-state index is 12.2. The second-order valence-electron chi connectivity index (χ2n) is 4.35. The number of aromatic nitrogens is 2. The van der Waals surface area contributed by atoms with Gasteiger partial charge in [-0.15, -0.1) is 0 Å². The van der Waals surface area contributed by atoms with Crippen molar-refractivity contribution in [3.63, 3.8) is 0 Å². The summed E-state index contributed by atoms with van der Waals surface area (Å²) in [5.74, 6) is -0.560. The highest BCUT2D eigenvalue weighted by Gasteiger charge is 2.25. The SMILES string of the molecule is CCOc1ncnc(NNC(=O)c2ccccc2OC)c1[N+](=O)[O-]. The van der Waals surface area contributed by atoms with Crippen LogP contribution >= 0.6 is 0 Å². The topological polar surface area (TPSA) is 129 Å². The van der Waals surface area contributed by atoms with Gasteiger partial charge in [-0.05, 0) is 19.1 Å².